The van der Waals surface area contributed by atoms with E-state index < -0.39 is 0 Å². The SMILES string of the molecule is CCc1cc(-c2cnc3[nH]cc(-c4cnn(C5CCN(CC)CC5)c4)c3n2)cnc1N1CCN(C)CC1. The smallest absolute Gasteiger partial charge is 0.156 e. The Balaban J connectivity index is 1.27. The summed E-state index contributed by atoms with van der Waals surface area (Å²) in [6, 6.07) is 2.70. The van der Waals surface area contributed by atoms with E-state index in [-0.39, 0.29) is 0 Å². The molecule has 9 heteroatoms. The third-order valence-electron chi connectivity index (χ3n) is 8.09. The van der Waals surface area contributed by atoms with Gasteiger partial charge in [0, 0.05) is 74.5 Å². The lowest BCUT2D eigenvalue weighted by Crippen LogP contribution is -2.45. The van der Waals surface area contributed by atoms with Gasteiger partial charge in [-0.05, 0) is 44.5 Å². The first-order valence-electron chi connectivity index (χ1n) is 13.7. The molecule has 0 unspecified atom stereocenters. The maximum atomic E-state index is 5.05. The number of nitrogens with one attached hydrogen (secondary N) is 1. The summed E-state index contributed by atoms with van der Waals surface area (Å²) in [6.07, 6.45) is 13.2. The van der Waals surface area contributed by atoms with Crippen molar-refractivity contribution in [1.29, 1.82) is 0 Å². The number of H-pyrrole nitrogens is 1. The zero-order chi connectivity index (χ0) is 25.4. The summed E-state index contributed by atoms with van der Waals surface area (Å²) in [5.74, 6) is 1.10. The normalized spacial score (nSPS) is 18.2. The lowest BCUT2D eigenvalue weighted by molar-refractivity contribution is 0.187. The second-order valence-electron chi connectivity index (χ2n) is 10.4. The Labute approximate surface area is 218 Å². The number of likely N-dealkylation sites (tertiary alicyclic amines) is 1. The van der Waals surface area contributed by atoms with Crippen LogP contribution in [-0.2, 0) is 6.42 Å². The number of likely N-dealkylation sites (N-methyl/N-ethyl adjacent to an activating group) is 1. The lowest BCUT2D eigenvalue weighted by atomic mass is 10.1. The van der Waals surface area contributed by atoms with E-state index in [2.05, 4.69) is 57.5 Å². The zero-order valence-corrected chi connectivity index (χ0v) is 22.2. The lowest BCUT2D eigenvalue weighted by Gasteiger charge is -2.34. The molecule has 0 atom stereocenters. The standard InChI is InChI=1S/C28H37N9/c1-4-20-14-21(15-31-28(20)36-12-10-34(3)11-13-36)25-18-30-27-26(33-25)24(17-29-27)22-16-32-37(19-22)23-6-8-35(5-2)9-7-23/h14-19,23H,4-13H2,1-3H3,(H,29,30). The minimum atomic E-state index is 0.459. The molecule has 194 valence electrons. The molecule has 1 N–H and O–H groups in total. The molecule has 2 fully saturated rings. The average molecular weight is 500 g/mol. The Morgan fingerprint density at radius 3 is 2.51 bits per heavy atom. The van der Waals surface area contributed by atoms with Gasteiger partial charge in [0.05, 0.1) is 24.1 Å². The molecule has 6 rings (SSSR count). The van der Waals surface area contributed by atoms with Crippen LogP contribution in [0.5, 0.6) is 0 Å². The van der Waals surface area contributed by atoms with Crippen molar-refractivity contribution >= 4 is 17.0 Å². The summed E-state index contributed by atoms with van der Waals surface area (Å²) in [5, 5.41) is 4.73. The van der Waals surface area contributed by atoms with Crippen molar-refractivity contribution in [3.8, 4) is 22.4 Å². The van der Waals surface area contributed by atoms with E-state index in [1.807, 2.05) is 24.8 Å². The predicted molar refractivity (Wildman–Crippen MR) is 148 cm³/mol. The third kappa shape index (κ3) is 4.73. The van der Waals surface area contributed by atoms with E-state index in [4.69, 9.17) is 20.1 Å². The van der Waals surface area contributed by atoms with Gasteiger partial charge in [-0.25, -0.2) is 15.0 Å². The molecule has 4 aromatic rings. The van der Waals surface area contributed by atoms with E-state index in [0.29, 0.717) is 6.04 Å². The summed E-state index contributed by atoms with van der Waals surface area (Å²) >= 11 is 0. The number of aromatic nitrogens is 6. The first kappa shape index (κ1) is 24.1. The molecule has 2 aliphatic heterocycles. The molecular formula is C28H37N9. The molecule has 2 aliphatic rings. The van der Waals surface area contributed by atoms with Gasteiger partial charge in [-0.15, -0.1) is 0 Å². The maximum absolute atomic E-state index is 5.05. The van der Waals surface area contributed by atoms with Crippen LogP contribution >= 0.6 is 0 Å². The molecule has 0 aliphatic carbocycles. The van der Waals surface area contributed by atoms with E-state index in [1.165, 1.54) is 5.56 Å². The number of aromatic amines is 1. The van der Waals surface area contributed by atoms with E-state index in [9.17, 15) is 0 Å². The van der Waals surface area contributed by atoms with Gasteiger partial charge in [-0.1, -0.05) is 13.8 Å². The zero-order valence-electron chi connectivity index (χ0n) is 22.2. The number of hydrogen-bond donors (Lipinski definition) is 1. The number of pyridine rings is 1. The second kappa shape index (κ2) is 10.2. The van der Waals surface area contributed by atoms with Crippen LogP contribution in [0.2, 0.25) is 0 Å². The van der Waals surface area contributed by atoms with Gasteiger partial charge in [0.2, 0.25) is 0 Å². The summed E-state index contributed by atoms with van der Waals surface area (Å²) in [7, 11) is 2.18. The first-order valence-corrected chi connectivity index (χ1v) is 13.7. The highest BCUT2D eigenvalue weighted by Crippen LogP contribution is 2.31. The Morgan fingerprint density at radius 2 is 1.76 bits per heavy atom. The Bertz CT molecular complexity index is 1360. The summed E-state index contributed by atoms with van der Waals surface area (Å²) in [6.45, 7) is 12.0. The molecule has 0 saturated carbocycles. The molecule has 37 heavy (non-hydrogen) atoms. The third-order valence-corrected chi connectivity index (χ3v) is 8.09. The second-order valence-corrected chi connectivity index (χ2v) is 10.4. The number of fused-ring (bicyclic) bond motifs is 1. The molecule has 0 amide bonds. The highest BCUT2D eigenvalue weighted by atomic mass is 15.3. The van der Waals surface area contributed by atoms with E-state index >= 15 is 0 Å². The molecule has 0 spiro atoms. The minimum absolute atomic E-state index is 0.459. The fraction of sp³-hybridized carbons (Fsp3) is 0.500. The summed E-state index contributed by atoms with van der Waals surface area (Å²) in [5.41, 5.74) is 6.90. The number of hydrogen-bond acceptors (Lipinski definition) is 7. The number of anilines is 1. The highest BCUT2D eigenvalue weighted by molar-refractivity contribution is 5.91. The molecule has 9 nitrogen and oxygen atoms in total. The fourth-order valence-corrected chi connectivity index (χ4v) is 5.63. The summed E-state index contributed by atoms with van der Waals surface area (Å²) < 4.78 is 2.15. The van der Waals surface area contributed by atoms with Crippen molar-refractivity contribution in [3.63, 3.8) is 0 Å². The van der Waals surface area contributed by atoms with Crippen LogP contribution in [0.4, 0.5) is 5.82 Å². The largest absolute Gasteiger partial charge is 0.354 e. The van der Waals surface area contributed by atoms with Gasteiger partial charge in [0.1, 0.15) is 11.3 Å². The number of aryl methyl sites for hydroxylation is 1. The van der Waals surface area contributed by atoms with Gasteiger partial charge in [0.25, 0.3) is 0 Å². The van der Waals surface area contributed by atoms with Gasteiger partial charge in [-0.3, -0.25) is 4.68 Å². The van der Waals surface area contributed by atoms with Gasteiger partial charge >= 0.3 is 0 Å². The molecule has 6 heterocycles. The van der Waals surface area contributed by atoms with Gasteiger partial charge in [0.15, 0.2) is 5.65 Å². The van der Waals surface area contributed by atoms with Crippen LogP contribution in [0.15, 0.2) is 37.1 Å². The molecule has 0 bridgehead atoms. The van der Waals surface area contributed by atoms with Crippen LogP contribution in [0.1, 0.15) is 38.3 Å². The number of piperazine rings is 1. The Morgan fingerprint density at radius 1 is 0.946 bits per heavy atom. The van der Waals surface area contributed by atoms with E-state index in [1.54, 1.807) is 0 Å². The van der Waals surface area contributed by atoms with Crippen LogP contribution < -0.4 is 4.90 Å². The topological polar surface area (TPSA) is 82.0 Å². The van der Waals surface area contributed by atoms with Crippen molar-refractivity contribution < 1.29 is 0 Å². The van der Waals surface area contributed by atoms with Gasteiger partial charge < -0.3 is 19.7 Å². The van der Waals surface area contributed by atoms with Crippen LogP contribution in [-0.4, -0.2) is 92.4 Å². The quantitative estimate of drug-likeness (QED) is 0.431. The molecule has 0 aromatic carbocycles. The van der Waals surface area contributed by atoms with Crippen LogP contribution in [0, 0.1) is 0 Å². The highest BCUT2D eigenvalue weighted by Gasteiger charge is 2.22. The Hall–Kier alpha value is -3.30. The first-order chi connectivity index (χ1) is 18.1. The number of piperidine rings is 1. The molecule has 0 radical (unpaired) electrons. The minimum Gasteiger partial charge on any atom is -0.354 e. The summed E-state index contributed by atoms with van der Waals surface area (Å²) in [4.78, 5) is 25.2. The van der Waals surface area contributed by atoms with Crippen molar-refractivity contribution in [3.05, 3.63) is 42.6 Å². The van der Waals surface area contributed by atoms with Crippen molar-refractivity contribution in [2.45, 2.75) is 39.2 Å². The molecular weight excluding hydrogens is 462 g/mol. The Kier molecular flexibility index (Phi) is 6.65. The number of rotatable bonds is 6. The van der Waals surface area contributed by atoms with Gasteiger partial charge in [-0.2, -0.15) is 5.10 Å². The molecule has 2 saturated heterocycles. The van der Waals surface area contributed by atoms with Crippen LogP contribution in [0.25, 0.3) is 33.5 Å². The van der Waals surface area contributed by atoms with Crippen molar-refractivity contribution in [2.75, 3.05) is 57.8 Å². The monoisotopic (exact) mass is 499 g/mol. The maximum Gasteiger partial charge on any atom is 0.156 e. The van der Waals surface area contributed by atoms with E-state index in [0.717, 1.165) is 104 Å². The molecule has 4 aromatic heterocycles. The number of nitrogens with zero attached hydrogens (tertiary/aromatic N) is 8. The van der Waals surface area contributed by atoms with Crippen LogP contribution in [0.3, 0.4) is 0 Å². The van der Waals surface area contributed by atoms with Crippen molar-refractivity contribution in [1.82, 2.24) is 39.5 Å². The predicted octanol–water partition coefficient (Wildman–Crippen LogP) is 3.85. The fourth-order valence-electron chi connectivity index (χ4n) is 5.63. The average Bonchev–Trinajstić information content (AvgIpc) is 3.60. The van der Waals surface area contributed by atoms with Crippen molar-refractivity contribution in [2.24, 2.45) is 0 Å².